The lowest BCUT2D eigenvalue weighted by molar-refractivity contribution is -0.139. The van der Waals surface area contributed by atoms with Crippen molar-refractivity contribution in [3.8, 4) is 11.5 Å². The average molecular weight is 613 g/mol. The number of carbonyl (C=O) groups excluding carboxylic acids is 1. The molecule has 0 saturated carbocycles. The molecule has 1 aliphatic rings. The molecule has 0 amide bonds. The number of methoxy groups -OCH3 is 1. The van der Waals surface area contributed by atoms with Crippen LogP contribution in [-0.4, -0.2) is 24.3 Å². The minimum atomic E-state index is -1.67. The maximum Gasteiger partial charge on any atom is 0.338 e. The Kier molecular flexibility index (Phi) is 8.49. The second kappa shape index (κ2) is 12.3. The molecule has 1 unspecified atom stereocenters. The Labute approximate surface area is 246 Å². The van der Waals surface area contributed by atoms with E-state index in [0.29, 0.717) is 26.2 Å². The second-order valence-electron chi connectivity index (χ2n) is 9.37. The summed E-state index contributed by atoms with van der Waals surface area (Å²) in [4.78, 5) is 31.7. The van der Waals surface area contributed by atoms with Crippen LogP contribution in [0, 0.1) is 23.3 Å². The summed E-state index contributed by atoms with van der Waals surface area (Å²) in [6.45, 7) is 3.03. The third-order valence-corrected chi connectivity index (χ3v) is 7.66. The first kappa shape index (κ1) is 29.8. The third kappa shape index (κ3) is 5.70. The van der Waals surface area contributed by atoms with Gasteiger partial charge >= 0.3 is 5.97 Å². The van der Waals surface area contributed by atoms with Gasteiger partial charge in [-0.15, -0.1) is 0 Å². The largest absolute Gasteiger partial charge is 0.496 e. The van der Waals surface area contributed by atoms with E-state index in [2.05, 4.69) is 4.99 Å². The number of halogens is 4. The molecule has 5 rings (SSSR count). The van der Waals surface area contributed by atoms with Crippen molar-refractivity contribution in [3.05, 3.63) is 126 Å². The van der Waals surface area contributed by atoms with Crippen LogP contribution in [0.3, 0.4) is 0 Å². The van der Waals surface area contributed by atoms with E-state index in [1.807, 2.05) is 18.2 Å². The summed E-state index contributed by atoms with van der Waals surface area (Å²) in [5.41, 5.74) is 1.76. The highest BCUT2D eigenvalue weighted by Crippen LogP contribution is 2.31. The van der Waals surface area contributed by atoms with Crippen molar-refractivity contribution in [3.63, 3.8) is 0 Å². The highest BCUT2D eigenvalue weighted by Gasteiger charge is 2.33. The van der Waals surface area contributed by atoms with E-state index in [1.54, 1.807) is 50.3 Å². The fourth-order valence-corrected chi connectivity index (χ4v) is 5.77. The van der Waals surface area contributed by atoms with Crippen molar-refractivity contribution >= 4 is 23.4 Å². The van der Waals surface area contributed by atoms with Crippen LogP contribution in [0.15, 0.2) is 75.7 Å². The van der Waals surface area contributed by atoms with Gasteiger partial charge in [-0.1, -0.05) is 47.7 Å². The van der Waals surface area contributed by atoms with E-state index >= 15 is 0 Å². The first-order valence-corrected chi connectivity index (χ1v) is 13.8. The fraction of sp³-hybridized carbons (Fsp3) is 0.194. The van der Waals surface area contributed by atoms with E-state index in [-0.39, 0.29) is 29.6 Å². The Morgan fingerprint density at radius 2 is 1.74 bits per heavy atom. The van der Waals surface area contributed by atoms with E-state index < -0.39 is 53.2 Å². The van der Waals surface area contributed by atoms with Gasteiger partial charge in [0.2, 0.25) is 11.6 Å². The number of esters is 1. The maximum atomic E-state index is 14.1. The molecule has 0 fully saturated rings. The molecule has 2 heterocycles. The number of rotatable bonds is 8. The Balaban J connectivity index is 1.57. The number of carbonyl (C=O) groups is 1. The Morgan fingerprint density at radius 3 is 2.40 bits per heavy atom. The van der Waals surface area contributed by atoms with Crippen molar-refractivity contribution in [2.24, 2.45) is 4.99 Å². The first-order valence-electron chi connectivity index (χ1n) is 13.0. The molecule has 0 radical (unpaired) electrons. The van der Waals surface area contributed by atoms with Crippen LogP contribution in [-0.2, 0) is 16.1 Å². The number of aromatic nitrogens is 1. The quantitative estimate of drug-likeness (QED) is 0.160. The Bertz CT molecular complexity index is 1910. The molecule has 1 aromatic heterocycles. The highest BCUT2D eigenvalue weighted by atomic mass is 32.1. The minimum absolute atomic E-state index is 0.0914. The summed E-state index contributed by atoms with van der Waals surface area (Å²) in [5, 5.41) is 0. The van der Waals surface area contributed by atoms with Crippen LogP contribution in [0.25, 0.3) is 6.08 Å². The van der Waals surface area contributed by atoms with E-state index in [9.17, 15) is 27.2 Å². The molecular weight excluding hydrogens is 588 g/mol. The van der Waals surface area contributed by atoms with Crippen LogP contribution >= 0.6 is 11.3 Å². The molecule has 0 saturated heterocycles. The Hall–Kier alpha value is -4.71. The average Bonchev–Trinajstić information content (AvgIpc) is 3.29. The van der Waals surface area contributed by atoms with Gasteiger partial charge in [0, 0.05) is 11.6 Å². The molecular formula is C31H24F4N2O5S. The summed E-state index contributed by atoms with van der Waals surface area (Å²) >= 11 is 1.12. The van der Waals surface area contributed by atoms with Gasteiger partial charge in [-0.25, -0.2) is 18.6 Å². The SMILES string of the molecule is CCOC(=O)C1=C(C)N=c2sc(=Cc3ccc(OC)c(COc4c(F)c(F)cc(F)c4F)c3)c(=O)n2C1c1ccccc1. The standard InChI is InChI=1S/C31H24F4N2O5S/c1-4-41-30(39)24-16(2)36-31-37(27(24)18-8-6-5-7-9-18)29(38)23(43-31)13-17-10-11-22(40-3)19(12-17)15-42-28-25(34)20(32)14-21(33)26(28)35/h5-14,27H,4,15H2,1-3H3. The molecule has 43 heavy (non-hydrogen) atoms. The number of fused-ring (bicyclic) bond motifs is 1. The smallest absolute Gasteiger partial charge is 0.338 e. The van der Waals surface area contributed by atoms with E-state index in [4.69, 9.17) is 14.2 Å². The zero-order chi connectivity index (χ0) is 30.8. The van der Waals surface area contributed by atoms with Gasteiger partial charge in [0.05, 0.1) is 35.6 Å². The lowest BCUT2D eigenvalue weighted by Gasteiger charge is -2.24. The van der Waals surface area contributed by atoms with Gasteiger partial charge < -0.3 is 14.2 Å². The second-order valence-corrected chi connectivity index (χ2v) is 10.4. The molecule has 1 aliphatic heterocycles. The zero-order valence-electron chi connectivity index (χ0n) is 23.1. The fourth-order valence-electron chi connectivity index (χ4n) is 4.72. The maximum absolute atomic E-state index is 14.1. The monoisotopic (exact) mass is 612 g/mol. The van der Waals surface area contributed by atoms with Gasteiger partial charge in [-0.3, -0.25) is 9.36 Å². The minimum Gasteiger partial charge on any atom is -0.496 e. The van der Waals surface area contributed by atoms with E-state index in [1.165, 1.54) is 11.7 Å². The molecule has 4 aromatic rings. The number of allylic oxidation sites excluding steroid dienone is 1. The summed E-state index contributed by atoms with van der Waals surface area (Å²) in [6, 6.07) is 13.1. The lowest BCUT2D eigenvalue weighted by atomic mass is 9.96. The predicted octanol–water partition coefficient (Wildman–Crippen LogP) is 4.94. The van der Waals surface area contributed by atoms with Crippen LogP contribution in [0.1, 0.15) is 36.6 Å². The molecule has 222 valence electrons. The molecule has 0 spiro atoms. The first-order chi connectivity index (χ1) is 20.6. The number of thiazole rings is 1. The van der Waals surface area contributed by atoms with Gasteiger partial charge in [0.15, 0.2) is 22.2 Å². The van der Waals surface area contributed by atoms with Crippen LogP contribution < -0.4 is 24.4 Å². The lowest BCUT2D eigenvalue weighted by Crippen LogP contribution is -2.39. The molecule has 7 nitrogen and oxygen atoms in total. The van der Waals surface area contributed by atoms with Crippen LogP contribution in [0.2, 0.25) is 0 Å². The number of ether oxygens (including phenoxy) is 3. The van der Waals surface area contributed by atoms with Crippen molar-refractivity contribution < 1.29 is 36.6 Å². The molecule has 1 atom stereocenters. The van der Waals surface area contributed by atoms with Crippen molar-refractivity contribution in [1.29, 1.82) is 0 Å². The number of nitrogens with zero attached hydrogens (tertiary/aromatic N) is 2. The Morgan fingerprint density at radius 1 is 1.05 bits per heavy atom. The molecule has 0 bridgehead atoms. The van der Waals surface area contributed by atoms with Crippen molar-refractivity contribution in [2.45, 2.75) is 26.5 Å². The number of hydrogen-bond donors (Lipinski definition) is 0. The molecule has 3 aromatic carbocycles. The summed E-state index contributed by atoms with van der Waals surface area (Å²) < 4.78 is 73.0. The summed E-state index contributed by atoms with van der Waals surface area (Å²) in [7, 11) is 1.37. The molecule has 12 heteroatoms. The van der Waals surface area contributed by atoms with Crippen molar-refractivity contribution in [2.75, 3.05) is 13.7 Å². The number of hydrogen-bond acceptors (Lipinski definition) is 7. The van der Waals surface area contributed by atoms with Crippen LogP contribution in [0.4, 0.5) is 17.6 Å². The van der Waals surface area contributed by atoms with Crippen molar-refractivity contribution in [1.82, 2.24) is 4.57 Å². The van der Waals surface area contributed by atoms with Gasteiger partial charge in [0.1, 0.15) is 12.4 Å². The number of benzene rings is 3. The highest BCUT2D eigenvalue weighted by molar-refractivity contribution is 7.07. The summed E-state index contributed by atoms with van der Waals surface area (Å²) in [5.74, 6) is -8.03. The normalized spacial score (nSPS) is 14.8. The van der Waals surface area contributed by atoms with Gasteiger partial charge in [-0.2, -0.15) is 8.78 Å². The van der Waals surface area contributed by atoms with E-state index in [0.717, 1.165) is 11.3 Å². The zero-order valence-corrected chi connectivity index (χ0v) is 23.9. The third-order valence-electron chi connectivity index (χ3n) is 6.68. The van der Waals surface area contributed by atoms with Crippen LogP contribution in [0.5, 0.6) is 11.5 Å². The van der Waals surface area contributed by atoms with Gasteiger partial charge in [0.25, 0.3) is 5.56 Å². The predicted molar refractivity (Wildman–Crippen MR) is 150 cm³/mol. The topological polar surface area (TPSA) is 79.1 Å². The summed E-state index contributed by atoms with van der Waals surface area (Å²) in [6.07, 6.45) is 1.58. The van der Waals surface area contributed by atoms with Gasteiger partial charge in [-0.05, 0) is 43.2 Å². The molecule has 0 N–H and O–H groups in total. The molecule has 0 aliphatic carbocycles.